The Morgan fingerprint density at radius 3 is 1.94 bits per heavy atom. The lowest BCUT2D eigenvalue weighted by Gasteiger charge is -2.13. The normalized spacial score (nSPS) is 15.5. The Hall–Kier alpha value is -2.12. The fourth-order valence-corrected chi connectivity index (χ4v) is 6.94. The summed E-state index contributed by atoms with van der Waals surface area (Å²) in [7, 11) is 0. The van der Waals surface area contributed by atoms with Crippen LogP contribution in [0.2, 0.25) is 0 Å². The molecule has 2 aromatic carbocycles. The molecule has 1 heterocycles. The predicted molar refractivity (Wildman–Crippen MR) is 158 cm³/mol. The van der Waals surface area contributed by atoms with Crippen molar-refractivity contribution in [1.82, 2.24) is 0 Å². The fraction of sp³-hybridized carbons (Fsp3) is 0.471. The van der Waals surface area contributed by atoms with Crippen LogP contribution in [0.5, 0.6) is 0 Å². The summed E-state index contributed by atoms with van der Waals surface area (Å²) in [6.07, 6.45) is 30.0. The molecule has 0 saturated carbocycles. The van der Waals surface area contributed by atoms with Gasteiger partial charge >= 0.3 is 0 Å². The van der Waals surface area contributed by atoms with Crippen LogP contribution in [-0.2, 0) is 0 Å². The van der Waals surface area contributed by atoms with Gasteiger partial charge in [0.15, 0.2) is 0 Å². The van der Waals surface area contributed by atoms with Crippen molar-refractivity contribution in [2.24, 2.45) is 0 Å². The molecule has 0 aliphatic heterocycles. The van der Waals surface area contributed by atoms with Crippen molar-refractivity contribution < 1.29 is 0 Å². The van der Waals surface area contributed by atoms with E-state index < -0.39 is 0 Å². The number of hydrogen-bond acceptors (Lipinski definition) is 1. The molecule has 0 fully saturated rings. The van der Waals surface area contributed by atoms with E-state index in [0.29, 0.717) is 0 Å². The second kappa shape index (κ2) is 12.2. The summed E-state index contributed by atoms with van der Waals surface area (Å²) in [6, 6.07) is 12.0. The van der Waals surface area contributed by atoms with Crippen LogP contribution in [0.25, 0.3) is 38.6 Å². The lowest BCUT2D eigenvalue weighted by molar-refractivity contribution is 0.554. The Bertz CT molecular complexity index is 1260. The van der Waals surface area contributed by atoms with Gasteiger partial charge in [0.25, 0.3) is 0 Å². The van der Waals surface area contributed by atoms with Crippen molar-refractivity contribution in [2.45, 2.75) is 103 Å². The number of thiophene rings is 1. The minimum absolute atomic E-state index is 1.17. The summed E-state index contributed by atoms with van der Waals surface area (Å²) >= 11 is 1.98. The van der Waals surface area contributed by atoms with Gasteiger partial charge in [-0.25, -0.2) is 0 Å². The highest BCUT2D eigenvalue weighted by molar-refractivity contribution is 7.20. The lowest BCUT2D eigenvalue weighted by atomic mass is 9.93. The smallest absolute Gasteiger partial charge is 0.0355 e. The van der Waals surface area contributed by atoms with E-state index in [1.807, 2.05) is 11.3 Å². The number of hydrogen-bond donors (Lipinski definition) is 0. The molecule has 0 spiro atoms. The molecule has 35 heavy (non-hydrogen) atoms. The Morgan fingerprint density at radius 2 is 1.29 bits per heavy atom. The van der Waals surface area contributed by atoms with Crippen LogP contribution in [0.3, 0.4) is 0 Å². The number of unbranched alkanes of at least 4 members (excludes halogenated alkanes) is 9. The van der Waals surface area contributed by atoms with Crippen molar-refractivity contribution in [3.05, 3.63) is 63.4 Å². The van der Waals surface area contributed by atoms with E-state index in [0.717, 1.165) is 0 Å². The van der Waals surface area contributed by atoms with Crippen LogP contribution >= 0.6 is 11.3 Å². The lowest BCUT2D eigenvalue weighted by Crippen LogP contribution is -2.25. The molecule has 1 heteroatoms. The molecule has 0 amide bonds. The van der Waals surface area contributed by atoms with Gasteiger partial charge in [0.2, 0.25) is 0 Å². The molecule has 3 aromatic rings. The van der Waals surface area contributed by atoms with E-state index in [1.54, 1.807) is 5.57 Å². The quantitative estimate of drug-likeness (QED) is 0.225. The molecule has 184 valence electrons. The minimum atomic E-state index is 1.17. The molecule has 2 aliphatic rings. The van der Waals surface area contributed by atoms with Crippen LogP contribution in [0.15, 0.2) is 48.1 Å². The molecule has 0 N–H and O–H groups in total. The van der Waals surface area contributed by atoms with Gasteiger partial charge in [0.1, 0.15) is 0 Å². The summed E-state index contributed by atoms with van der Waals surface area (Å²) in [5.41, 5.74) is 3.20. The fourth-order valence-electron chi connectivity index (χ4n) is 5.79. The number of fused-ring (bicyclic) bond motifs is 3. The molecule has 1 aromatic heterocycles. The highest BCUT2D eigenvalue weighted by atomic mass is 32.1. The molecule has 0 nitrogen and oxygen atoms in total. The molecule has 0 atom stereocenters. The van der Waals surface area contributed by atoms with Crippen molar-refractivity contribution in [3.8, 4) is 0 Å². The average molecular weight is 483 g/mol. The first-order chi connectivity index (χ1) is 17.3. The van der Waals surface area contributed by atoms with E-state index in [1.165, 1.54) is 138 Å². The first kappa shape index (κ1) is 24.6. The van der Waals surface area contributed by atoms with Gasteiger partial charge in [-0.1, -0.05) is 94.6 Å². The van der Waals surface area contributed by atoms with Crippen molar-refractivity contribution in [3.63, 3.8) is 0 Å². The van der Waals surface area contributed by atoms with Crippen LogP contribution in [-0.4, -0.2) is 0 Å². The van der Waals surface area contributed by atoms with Crippen molar-refractivity contribution >= 4 is 49.9 Å². The molecule has 0 unspecified atom stereocenters. The maximum Gasteiger partial charge on any atom is 0.0355 e. The molecule has 5 rings (SSSR count). The van der Waals surface area contributed by atoms with Gasteiger partial charge in [-0.15, -0.1) is 11.3 Å². The van der Waals surface area contributed by atoms with Crippen LogP contribution < -0.4 is 10.4 Å². The van der Waals surface area contributed by atoms with Gasteiger partial charge in [-0.05, 0) is 101 Å². The topological polar surface area (TPSA) is 0 Å². The van der Waals surface area contributed by atoms with E-state index in [4.69, 9.17) is 0 Å². The molecular formula is C34H42S. The molecule has 2 aliphatic carbocycles. The van der Waals surface area contributed by atoms with E-state index >= 15 is 0 Å². The first-order valence-corrected chi connectivity index (χ1v) is 15.2. The Labute approximate surface area is 216 Å². The van der Waals surface area contributed by atoms with Gasteiger partial charge < -0.3 is 0 Å². The zero-order valence-corrected chi connectivity index (χ0v) is 22.5. The molecular weight excluding hydrogens is 440 g/mol. The largest absolute Gasteiger partial charge is 0.136 e. The number of allylic oxidation sites excluding steroid dienone is 4. The SMILES string of the molecule is CCCCCCCCCCCCC1=CC=C(c2cc3cc4cc5c(cc4cc3s2)=CCCC=5)CC1. The maximum absolute atomic E-state index is 2.44. The van der Waals surface area contributed by atoms with Crippen LogP contribution in [0.1, 0.15) is 108 Å². The van der Waals surface area contributed by atoms with E-state index in [2.05, 4.69) is 61.6 Å². The van der Waals surface area contributed by atoms with Crippen molar-refractivity contribution in [1.29, 1.82) is 0 Å². The third-order valence-corrected chi connectivity index (χ3v) is 9.15. The van der Waals surface area contributed by atoms with E-state index in [9.17, 15) is 0 Å². The number of rotatable bonds is 12. The zero-order valence-electron chi connectivity index (χ0n) is 21.7. The monoisotopic (exact) mass is 482 g/mol. The Morgan fingerprint density at radius 1 is 0.629 bits per heavy atom. The first-order valence-electron chi connectivity index (χ1n) is 14.4. The summed E-state index contributed by atoms with van der Waals surface area (Å²) in [5, 5.41) is 6.98. The average Bonchev–Trinajstić information content (AvgIpc) is 3.30. The van der Waals surface area contributed by atoms with Gasteiger partial charge in [-0.2, -0.15) is 0 Å². The molecule has 0 bridgehead atoms. The second-order valence-corrected chi connectivity index (χ2v) is 11.8. The second-order valence-electron chi connectivity index (χ2n) is 10.8. The highest BCUT2D eigenvalue weighted by Gasteiger charge is 2.12. The standard InChI is InChI=1S/C34H42S/c1-2-3-4-5-6-7-8-9-10-11-14-26-17-19-27(20-18-26)33-25-32-23-30-21-28-15-12-13-16-29(28)22-31(30)24-34(32)35-33/h15-17,19,21-25H,2-14,18,20H2,1H3. The van der Waals surface area contributed by atoms with Crippen LogP contribution in [0, 0.1) is 0 Å². The Balaban J connectivity index is 1.15. The van der Waals surface area contributed by atoms with Gasteiger partial charge in [0.05, 0.1) is 0 Å². The Kier molecular flexibility index (Phi) is 8.58. The third-order valence-electron chi connectivity index (χ3n) is 7.98. The summed E-state index contributed by atoms with van der Waals surface area (Å²) in [4.78, 5) is 1.47. The summed E-state index contributed by atoms with van der Waals surface area (Å²) in [5.74, 6) is 0. The number of benzene rings is 2. The minimum Gasteiger partial charge on any atom is -0.136 e. The van der Waals surface area contributed by atoms with Crippen LogP contribution in [0.4, 0.5) is 0 Å². The summed E-state index contributed by atoms with van der Waals surface area (Å²) in [6.45, 7) is 2.30. The van der Waals surface area contributed by atoms with Gasteiger partial charge in [0, 0.05) is 9.58 Å². The summed E-state index contributed by atoms with van der Waals surface area (Å²) < 4.78 is 1.42. The molecule has 0 radical (unpaired) electrons. The maximum atomic E-state index is 2.44. The predicted octanol–water partition coefficient (Wildman–Crippen LogP) is 9.82. The van der Waals surface area contributed by atoms with E-state index in [-0.39, 0.29) is 0 Å². The third kappa shape index (κ3) is 6.36. The highest BCUT2D eigenvalue weighted by Crippen LogP contribution is 2.37. The molecule has 0 saturated heterocycles. The van der Waals surface area contributed by atoms with Crippen molar-refractivity contribution in [2.75, 3.05) is 0 Å². The zero-order chi connectivity index (χ0) is 23.9. The van der Waals surface area contributed by atoms with Gasteiger partial charge in [-0.3, -0.25) is 0 Å².